The van der Waals surface area contributed by atoms with Gasteiger partial charge in [0, 0.05) is 11.3 Å². The Morgan fingerprint density at radius 2 is 2.00 bits per heavy atom. The average molecular weight is 347 g/mol. The van der Waals surface area contributed by atoms with Crippen LogP contribution in [0.3, 0.4) is 0 Å². The van der Waals surface area contributed by atoms with Gasteiger partial charge in [0.05, 0.1) is 23.0 Å². The highest BCUT2D eigenvalue weighted by atomic mass is 35.5. The quantitative estimate of drug-likeness (QED) is 0.720. The first-order chi connectivity index (χ1) is 10.4. The van der Waals surface area contributed by atoms with Crippen LogP contribution in [0.1, 0.15) is 16.5 Å². The summed E-state index contributed by atoms with van der Waals surface area (Å²) in [5.74, 6) is -1.45. The lowest BCUT2D eigenvalue weighted by Crippen LogP contribution is -2.04. The van der Waals surface area contributed by atoms with E-state index in [4.69, 9.17) is 11.6 Å². The van der Waals surface area contributed by atoms with E-state index in [-0.39, 0.29) is 5.82 Å². The molecule has 0 aliphatic carbocycles. The Hall–Kier alpha value is -2.00. The predicted molar refractivity (Wildman–Crippen MR) is 72.5 cm³/mol. The molecular weight excluding hydrogens is 341 g/mol. The number of aromatic nitrogens is 4. The number of thiophene rings is 1. The second kappa shape index (κ2) is 5.65. The molecule has 3 rings (SSSR count). The molecule has 0 N–H and O–H groups in total. The molecular formula is C12H6ClF3N4OS. The first-order valence-corrected chi connectivity index (χ1v) is 7.07. The van der Waals surface area contributed by atoms with Gasteiger partial charge in [0.15, 0.2) is 0 Å². The van der Waals surface area contributed by atoms with E-state index >= 15 is 0 Å². The molecule has 0 atom stereocenters. The molecule has 10 heteroatoms. The Morgan fingerprint density at radius 3 is 2.64 bits per heavy atom. The van der Waals surface area contributed by atoms with E-state index in [2.05, 4.69) is 24.6 Å². The minimum Gasteiger partial charge on any atom is -0.329 e. The minimum atomic E-state index is -4.65. The van der Waals surface area contributed by atoms with Gasteiger partial charge < -0.3 is 4.52 Å². The van der Waals surface area contributed by atoms with Crippen LogP contribution < -0.4 is 0 Å². The lowest BCUT2D eigenvalue weighted by molar-refractivity contribution is -0.159. The smallest absolute Gasteiger partial charge is 0.329 e. The number of rotatable bonds is 3. The van der Waals surface area contributed by atoms with Crippen LogP contribution in [-0.4, -0.2) is 20.1 Å². The van der Waals surface area contributed by atoms with Gasteiger partial charge in [0.2, 0.25) is 5.82 Å². The van der Waals surface area contributed by atoms with Crippen molar-refractivity contribution >= 4 is 22.9 Å². The maximum atomic E-state index is 12.4. The number of nitrogens with zero attached hydrogens (tertiary/aromatic N) is 4. The molecule has 0 unspecified atom stereocenters. The third-order valence-electron chi connectivity index (χ3n) is 2.58. The van der Waals surface area contributed by atoms with Crippen LogP contribution in [0.2, 0.25) is 5.15 Å². The second-order valence-corrected chi connectivity index (χ2v) is 5.75. The van der Waals surface area contributed by atoms with E-state index in [1.807, 2.05) is 0 Å². The summed E-state index contributed by atoms with van der Waals surface area (Å²) in [6.07, 6.45) is -1.19. The topological polar surface area (TPSA) is 64.7 Å². The summed E-state index contributed by atoms with van der Waals surface area (Å²) in [5, 5.41) is 3.64. The largest absolute Gasteiger partial charge is 0.471 e. The fourth-order valence-corrected chi connectivity index (χ4v) is 2.69. The van der Waals surface area contributed by atoms with Gasteiger partial charge >= 0.3 is 12.1 Å². The SMILES string of the molecule is FC(F)(F)c1nc(-c2ccc(Cc3cnc(Cl)cn3)s2)no1. The molecule has 0 aliphatic heterocycles. The summed E-state index contributed by atoms with van der Waals surface area (Å²) in [5.41, 5.74) is 0.696. The lowest BCUT2D eigenvalue weighted by Gasteiger charge is -1.96. The Balaban J connectivity index is 1.79. The molecule has 0 bridgehead atoms. The van der Waals surface area contributed by atoms with Crippen molar-refractivity contribution < 1.29 is 17.7 Å². The van der Waals surface area contributed by atoms with Gasteiger partial charge in [-0.2, -0.15) is 18.2 Å². The van der Waals surface area contributed by atoms with Crippen LogP contribution in [0, 0.1) is 0 Å². The number of hydrogen-bond donors (Lipinski definition) is 0. The van der Waals surface area contributed by atoms with Crippen molar-refractivity contribution in [1.29, 1.82) is 0 Å². The van der Waals surface area contributed by atoms with Crippen molar-refractivity contribution in [3.05, 3.63) is 46.1 Å². The van der Waals surface area contributed by atoms with E-state index in [9.17, 15) is 13.2 Å². The fraction of sp³-hybridized carbons (Fsp3) is 0.167. The molecule has 0 radical (unpaired) electrons. The molecule has 0 saturated heterocycles. The van der Waals surface area contributed by atoms with Gasteiger partial charge in [0.25, 0.3) is 0 Å². The van der Waals surface area contributed by atoms with Gasteiger partial charge in [-0.3, -0.25) is 4.98 Å². The van der Waals surface area contributed by atoms with Crippen molar-refractivity contribution in [2.75, 3.05) is 0 Å². The normalized spacial score (nSPS) is 11.8. The first kappa shape index (κ1) is 14.9. The zero-order valence-corrected chi connectivity index (χ0v) is 12.2. The summed E-state index contributed by atoms with van der Waals surface area (Å²) in [6, 6.07) is 3.40. The zero-order chi connectivity index (χ0) is 15.7. The molecule has 0 aliphatic rings. The fourth-order valence-electron chi connectivity index (χ4n) is 1.64. The van der Waals surface area contributed by atoms with Gasteiger partial charge in [-0.25, -0.2) is 4.98 Å². The highest BCUT2D eigenvalue weighted by Crippen LogP contribution is 2.32. The van der Waals surface area contributed by atoms with E-state index in [1.165, 1.54) is 23.7 Å². The molecule has 22 heavy (non-hydrogen) atoms. The lowest BCUT2D eigenvalue weighted by atomic mass is 10.3. The summed E-state index contributed by atoms with van der Waals surface area (Å²) in [6.45, 7) is 0. The highest BCUT2D eigenvalue weighted by Gasteiger charge is 2.38. The zero-order valence-electron chi connectivity index (χ0n) is 10.6. The van der Waals surface area contributed by atoms with E-state index in [0.29, 0.717) is 22.1 Å². The van der Waals surface area contributed by atoms with Crippen LogP contribution in [-0.2, 0) is 12.6 Å². The van der Waals surface area contributed by atoms with Crippen molar-refractivity contribution in [3.8, 4) is 10.7 Å². The van der Waals surface area contributed by atoms with Crippen molar-refractivity contribution in [2.45, 2.75) is 12.6 Å². The molecule has 0 aromatic carbocycles. The summed E-state index contributed by atoms with van der Waals surface area (Å²) in [4.78, 5) is 12.7. The highest BCUT2D eigenvalue weighted by molar-refractivity contribution is 7.15. The molecule has 3 aromatic heterocycles. The maximum Gasteiger partial charge on any atom is 0.471 e. The number of halogens is 4. The third kappa shape index (κ3) is 3.25. The Kier molecular flexibility index (Phi) is 3.83. The monoisotopic (exact) mass is 346 g/mol. The van der Waals surface area contributed by atoms with E-state index < -0.39 is 12.1 Å². The van der Waals surface area contributed by atoms with Crippen molar-refractivity contribution in [1.82, 2.24) is 20.1 Å². The molecule has 0 fully saturated rings. The van der Waals surface area contributed by atoms with Crippen LogP contribution in [0.25, 0.3) is 10.7 Å². The number of hydrogen-bond acceptors (Lipinski definition) is 6. The van der Waals surface area contributed by atoms with Gasteiger partial charge in [-0.15, -0.1) is 11.3 Å². The van der Waals surface area contributed by atoms with Crippen molar-refractivity contribution in [3.63, 3.8) is 0 Å². The van der Waals surface area contributed by atoms with Crippen LogP contribution in [0.15, 0.2) is 29.0 Å². The van der Waals surface area contributed by atoms with Crippen LogP contribution in [0.4, 0.5) is 13.2 Å². The molecule has 3 heterocycles. The second-order valence-electron chi connectivity index (χ2n) is 4.19. The molecule has 3 aromatic rings. The third-order valence-corrected chi connectivity index (χ3v) is 3.86. The summed E-state index contributed by atoms with van der Waals surface area (Å²) in [7, 11) is 0. The minimum absolute atomic E-state index is 0.0919. The first-order valence-electron chi connectivity index (χ1n) is 5.88. The maximum absolute atomic E-state index is 12.4. The predicted octanol–water partition coefficient (Wildman–Crippen LogP) is 3.85. The Bertz CT molecular complexity index is 784. The number of alkyl halides is 3. The average Bonchev–Trinajstić information content (AvgIpc) is 3.09. The van der Waals surface area contributed by atoms with E-state index in [0.717, 1.165) is 4.88 Å². The standard InChI is InChI=1S/C12H6ClF3N4OS/c13-9-5-17-6(4-18-9)3-7-1-2-8(22-7)10-19-11(21-20-10)12(14,15)16/h1-2,4-5H,3H2. The molecule has 0 amide bonds. The van der Waals surface area contributed by atoms with Crippen LogP contribution in [0.5, 0.6) is 0 Å². The van der Waals surface area contributed by atoms with E-state index in [1.54, 1.807) is 12.1 Å². The molecule has 0 spiro atoms. The summed E-state index contributed by atoms with van der Waals surface area (Å²) >= 11 is 6.90. The Morgan fingerprint density at radius 1 is 1.18 bits per heavy atom. The molecule has 114 valence electrons. The Labute approximate surface area is 130 Å². The molecule has 0 saturated carbocycles. The van der Waals surface area contributed by atoms with Gasteiger partial charge in [-0.05, 0) is 12.1 Å². The van der Waals surface area contributed by atoms with Gasteiger partial charge in [0.1, 0.15) is 5.15 Å². The van der Waals surface area contributed by atoms with Gasteiger partial charge in [-0.1, -0.05) is 16.8 Å². The van der Waals surface area contributed by atoms with Crippen molar-refractivity contribution in [2.24, 2.45) is 0 Å². The summed E-state index contributed by atoms with van der Waals surface area (Å²) < 4.78 is 41.5. The van der Waals surface area contributed by atoms with Crippen LogP contribution >= 0.6 is 22.9 Å². The molecule has 5 nitrogen and oxygen atoms in total.